The zero-order chi connectivity index (χ0) is 14.6. The van der Waals surface area contributed by atoms with Gasteiger partial charge in [-0.2, -0.15) is 11.8 Å². The van der Waals surface area contributed by atoms with Gasteiger partial charge in [-0.05, 0) is 43.1 Å². The first-order chi connectivity index (χ1) is 10.1. The summed E-state index contributed by atoms with van der Waals surface area (Å²) in [5.74, 6) is 1.86. The van der Waals surface area contributed by atoms with Crippen molar-refractivity contribution in [3.05, 3.63) is 11.6 Å². The van der Waals surface area contributed by atoms with Gasteiger partial charge in [0.25, 0.3) is 0 Å². The monoisotopic (exact) mass is 307 g/mol. The van der Waals surface area contributed by atoms with Crippen LogP contribution in [0.3, 0.4) is 0 Å². The molecule has 3 heterocycles. The van der Waals surface area contributed by atoms with E-state index >= 15 is 0 Å². The molecule has 0 aromatic carbocycles. The van der Waals surface area contributed by atoms with E-state index in [2.05, 4.69) is 30.5 Å². The van der Waals surface area contributed by atoms with E-state index in [9.17, 15) is 4.79 Å². The van der Waals surface area contributed by atoms with Crippen LogP contribution in [-0.2, 0) is 9.53 Å². The minimum atomic E-state index is -0.239. The third kappa shape index (κ3) is 2.09. The van der Waals surface area contributed by atoms with Crippen LogP contribution in [-0.4, -0.2) is 46.1 Å². The molecule has 1 unspecified atom stereocenters. The SMILES string of the molecule is CC(C)CSC1CC2=CC(=O)O[C@@]23C[C@@H]1N1CCCC[C@@H]13. The zero-order valence-corrected chi connectivity index (χ0v) is 13.8. The van der Waals surface area contributed by atoms with E-state index in [4.69, 9.17) is 4.74 Å². The molecule has 21 heavy (non-hydrogen) atoms. The van der Waals surface area contributed by atoms with Crippen LogP contribution in [0.25, 0.3) is 0 Å². The van der Waals surface area contributed by atoms with Gasteiger partial charge in [-0.3, -0.25) is 4.90 Å². The lowest BCUT2D eigenvalue weighted by atomic mass is 9.77. The minimum Gasteiger partial charge on any atom is -0.450 e. The molecule has 3 aliphatic heterocycles. The highest BCUT2D eigenvalue weighted by atomic mass is 32.2. The number of rotatable bonds is 3. The van der Waals surface area contributed by atoms with Crippen LogP contribution in [0.15, 0.2) is 11.6 Å². The van der Waals surface area contributed by atoms with Gasteiger partial charge in [-0.25, -0.2) is 4.79 Å². The minimum absolute atomic E-state index is 0.0920. The van der Waals surface area contributed by atoms with Gasteiger partial charge in [0.05, 0.1) is 6.04 Å². The molecular formula is C17H25NO2S. The number of hydrogen-bond donors (Lipinski definition) is 0. The molecule has 1 spiro atoms. The zero-order valence-electron chi connectivity index (χ0n) is 13.0. The molecule has 3 nitrogen and oxygen atoms in total. The van der Waals surface area contributed by atoms with E-state index in [0.29, 0.717) is 17.3 Å². The summed E-state index contributed by atoms with van der Waals surface area (Å²) in [5, 5.41) is 0.643. The number of hydrogen-bond acceptors (Lipinski definition) is 4. The van der Waals surface area contributed by atoms with Crippen LogP contribution in [0.1, 0.15) is 46.0 Å². The molecule has 4 heteroatoms. The van der Waals surface area contributed by atoms with Gasteiger partial charge in [0.1, 0.15) is 0 Å². The summed E-state index contributed by atoms with van der Waals surface area (Å²) in [6.07, 6.45) is 7.70. The Kier molecular flexibility index (Phi) is 3.38. The second-order valence-electron chi connectivity index (χ2n) is 7.47. The lowest BCUT2D eigenvalue weighted by Crippen LogP contribution is -2.48. The largest absolute Gasteiger partial charge is 0.450 e. The van der Waals surface area contributed by atoms with Gasteiger partial charge in [-0.1, -0.05) is 20.3 Å². The standard InChI is InChI=1S/C17H25NO2S/c1-11(2)10-21-14-7-12-8-16(19)20-17(12)9-13(14)18-6-4-3-5-15(17)18/h8,11,13-15H,3-7,9-10H2,1-2H3/t13-,14?,15+,17-/m0/s1. The molecule has 4 aliphatic rings. The van der Waals surface area contributed by atoms with E-state index in [1.807, 2.05) is 6.08 Å². The second-order valence-corrected chi connectivity index (χ2v) is 8.74. The molecule has 0 aromatic rings. The summed E-state index contributed by atoms with van der Waals surface area (Å²) in [5.41, 5.74) is 1.07. The van der Waals surface area contributed by atoms with Crippen molar-refractivity contribution in [2.24, 2.45) is 5.92 Å². The average molecular weight is 307 g/mol. The Morgan fingerprint density at radius 2 is 2.33 bits per heavy atom. The number of nitrogens with zero attached hydrogens (tertiary/aromatic N) is 1. The van der Waals surface area contributed by atoms with Gasteiger partial charge in [-0.15, -0.1) is 0 Å². The predicted molar refractivity (Wildman–Crippen MR) is 85.4 cm³/mol. The van der Waals surface area contributed by atoms with Crippen LogP contribution in [0.4, 0.5) is 0 Å². The highest BCUT2D eigenvalue weighted by molar-refractivity contribution is 7.99. The Morgan fingerprint density at radius 3 is 3.14 bits per heavy atom. The van der Waals surface area contributed by atoms with Crippen molar-refractivity contribution >= 4 is 17.7 Å². The number of carbonyl (C=O) groups excluding carboxylic acids is 1. The fourth-order valence-electron chi connectivity index (χ4n) is 4.82. The molecule has 4 atom stereocenters. The van der Waals surface area contributed by atoms with Crippen molar-refractivity contribution in [3.63, 3.8) is 0 Å². The maximum absolute atomic E-state index is 11.9. The lowest BCUT2D eigenvalue weighted by Gasteiger charge is -2.38. The summed E-state index contributed by atoms with van der Waals surface area (Å²) >= 11 is 2.12. The molecular weight excluding hydrogens is 282 g/mol. The average Bonchev–Trinajstić information content (AvgIpc) is 2.93. The number of thioether (sulfide) groups is 1. The molecule has 0 N–H and O–H groups in total. The molecule has 3 fully saturated rings. The summed E-state index contributed by atoms with van der Waals surface area (Å²) in [7, 11) is 0. The summed E-state index contributed by atoms with van der Waals surface area (Å²) in [6.45, 7) is 5.78. The summed E-state index contributed by atoms with van der Waals surface area (Å²) in [6, 6.07) is 1.07. The summed E-state index contributed by atoms with van der Waals surface area (Å²) < 4.78 is 5.90. The van der Waals surface area contributed by atoms with E-state index in [-0.39, 0.29) is 11.6 Å². The molecule has 2 saturated heterocycles. The van der Waals surface area contributed by atoms with Crippen molar-refractivity contribution in [1.82, 2.24) is 4.90 Å². The first kappa shape index (κ1) is 14.1. The van der Waals surface area contributed by atoms with Crippen LogP contribution in [0.5, 0.6) is 0 Å². The molecule has 1 aliphatic carbocycles. The Balaban J connectivity index is 1.64. The van der Waals surface area contributed by atoms with Crippen molar-refractivity contribution in [2.75, 3.05) is 12.3 Å². The molecule has 0 amide bonds. The van der Waals surface area contributed by atoms with Crippen LogP contribution >= 0.6 is 11.8 Å². The maximum atomic E-state index is 11.9. The number of esters is 1. The van der Waals surface area contributed by atoms with Crippen molar-refractivity contribution in [2.45, 2.75) is 68.9 Å². The Bertz CT molecular complexity index is 489. The maximum Gasteiger partial charge on any atom is 0.331 e. The quantitative estimate of drug-likeness (QED) is 0.750. The fourth-order valence-corrected chi connectivity index (χ4v) is 6.23. The van der Waals surface area contributed by atoms with Crippen molar-refractivity contribution < 1.29 is 9.53 Å². The van der Waals surface area contributed by atoms with Gasteiger partial charge in [0.2, 0.25) is 0 Å². The Labute approximate surface area is 131 Å². The van der Waals surface area contributed by atoms with E-state index in [1.54, 1.807) is 0 Å². The van der Waals surface area contributed by atoms with E-state index < -0.39 is 0 Å². The predicted octanol–water partition coefficient (Wildman–Crippen LogP) is 3.00. The summed E-state index contributed by atoms with van der Waals surface area (Å²) in [4.78, 5) is 14.6. The fraction of sp³-hybridized carbons (Fsp3) is 0.824. The Hall–Kier alpha value is -0.480. The molecule has 0 aromatic heterocycles. The van der Waals surface area contributed by atoms with Gasteiger partial charge >= 0.3 is 5.97 Å². The van der Waals surface area contributed by atoms with Gasteiger partial charge < -0.3 is 4.74 Å². The van der Waals surface area contributed by atoms with Crippen LogP contribution < -0.4 is 0 Å². The third-order valence-corrected chi connectivity index (χ3v) is 7.40. The first-order valence-electron chi connectivity index (χ1n) is 8.41. The van der Waals surface area contributed by atoms with Crippen LogP contribution in [0, 0.1) is 5.92 Å². The van der Waals surface area contributed by atoms with Gasteiger partial charge in [0.15, 0.2) is 5.60 Å². The van der Waals surface area contributed by atoms with Crippen molar-refractivity contribution in [3.8, 4) is 0 Å². The third-order valence-electron chi connectivity index (χ3n) is 5.63. The van der Waals surface area contributed by atoms with Gasteiger partial charge in [0, 0.05) is 23.8 Å². The molecule has 116 valence electrons. The van der Waals surface area contributed by atoms with E-state index in [0.717, 1.165) is 18.8 Å². The van der Waals surface area contributed by atoms with Crippen molar-refractivity contribution in [1.29, 1.82) is 0 Å². The molecule has 0 radical (unpaired) electrons. The normalized spacial score (nSPS) is 41.8. The number of fused-ring (bicyclic) bond motifs is 3. The number of ether oxygens (including phenoxy) is 1. The van der Waals surface area contributed by atoms with E-state index in [1.165, 1.54) is 37.1 Å². The highest BCUT2D eigenvalue weighted by Crippen LogP contribution is 2.56. The molecule has 4 rings (SSSR count). The first-order valence-corrected chi connectivity index (χ1v) is 9.46. The molecule has 1 saturated carbocycles. The topological polar surface area (TPSA) is 29.5 Å². The highest BCUT2D eigenvalue weighted by Gasteiger charge is 2.63. The number of carbonyl (C=O) groups is 1. The smallest absolute Gasteiger partial charge is 0.331 e. The lowest BCUT2D eigenvalue weighted by molar-refractivity contribution is -0.148. The Morgan fingerprint density at radius 1 is 1.48 bits per heavy atom. The number of piperidine rings is 1. The second kappa shape index (κ2) is 5.02. The van der Waals surface area contributed by atoms with Crippen LogP contribution in [0.2, 0.25) is 0 Å². The molecule has 2 bridgehead atoms.